The summed E-state index contributed by atoms with van der Waals surface area (Å²) in [7, 11) is 0. The van der Waals surface area contributed by atoms with Crippen LogP contribution in [0.25, 0.3) is 0 Å². The molecule has 0 aliphatic carbocycles. The zero-order valence-electron chi connectivity index (χ0n) is 19.4. The Morgan fingerprint density at radius 3 is 1.71 bits per heavy atom. The van der Waals surface area contributed by atoms with Crippen molar-refractivity contribution in [2.24, 2.45) is 17.4 Å². The third-order valence-corrected chi connectivity index (χ3v) is 5.19. The Morgan fingerprint density at radius 1 is 0.824 bits per heavy atom. The average Bonchev–Trinajstić information content (AvgIpc) is 2.75. The summed E-state index contributed by atoms with van der Waals surface area (Å²) < 4.78 is 0. The number of carboxylic acids is 2. The van der Waals surface area contributed by atoms with E-state index < -0.39 is 78.2 Å². The fraction of sp³-hybridized carbons (Fsp3) is 0.700. The number of rotatable bonds is 16. The Labute approximate surface area is 196 Å². The van der Waals surface area contributed by atoms with Crippen LogP contribution < -0.4 is 27.4 Å². The maximum Gasteiger partial charge on any atom is 0.326 e. The molecule has 0 radical (unpaired) electrons. The normalized spacial score (nSPS) is 16.1. The first-order chi connectivity index (χ1) is 15.7. The van der Waals surface area contributed by atoms with E-state index in [0.29, 0.717) is 6.42 Å². The largest absolute Gasteiger partial charge is 0.481 e. The van der Waals surface area contributed by atoms with Crippen LogP contribution in [0.3, 0.4) is 0 Å². The minimum Gasteiger partial charge on any atom is -0.481 e. The molecule has 0 heterocycles. The fourth-order valence-electron chi connectivity index (χ4n) is 2.79. The summed E-state index contributed by atoms with van der Waals surface area (Å²) in [6, 6.07) is -5.51. The molecule has 0 rings (SSSR count). The van der Waals surface area contributed by atoms with Gasteiger partial charge >= 0.3 is 11.9 Å². The van der Waals surface area contributed by atoms with Crippen LogP contribution in [0.15, 0.2) is 0 Å². The zero-order chi connectivity index (χ0) is 26.6. The quantitative estimate of drug-likeness (QED) is 0.112. The summed E-state index contributed by atoms with van der Waals surface area (Å²) in [5, 5.41) is 34.7. The molecule has 10 N–H and O–H groups in total. The number of aliphatic carboxylic acids is 2. The second kappa shape index (κ2) is 14.8. The van der Waals surface area contributed by atoms with Crippen molar-refractivity contribution in [2.75, 3.05) is 0 Å². The van der Waals surface area contributed by atoms with Crippen LogP contribution in [0.1, 0.15) is 52.9 Å². The van der Waals surface area contributed by atoms with E-state index >= 15 is 0 Å². The van der Waals surface area contributed by atoms with Gasteiger partial charge in [0.25, 0.3) is 0 Å². The lowest BCUT2D eigenvalue weighted by Gasteiger charge is -2.26. The molecular formula is C20H35N5O9. The molecule has 0 aliphatic rings. The summed E-state index contributed by atoms with van der Waals surface area (Å²) in [5.74, 6) is -6.58. The highest BCUT2D eigenvalue weighted by Gasteiger charge is 2.32. The Morgan fingerprint density at radius 2 is 1.29 bits per heavy atom. The number of nitrogens with one attached hydrogen (secondary N) is 3. The maximum absolute atomic E-state index is 12.8. The van der Waals surface area contributed by atoms with E-state index in [0.717, 1.165) is 0 Å². The lowest BCUT2D eigenvalue weighted by atomic mass is 9.98. The van der Waals surface area contributed by atoms with Crippen LogP contribution in [-0.2, 0) is 28.8 Å². The molecule has 14 nitrogen and oxygen atoms in total. The van der Waals surface area contributed by atoms with Gasteiger partial charge < -0.3 is 42.7 Å². The predicted octanol–water partition coefficient (Wildman–Crippen LogP) is -2.59. The third-order valence-electron chi connectivity index (χ3n) is 5.19. The van der Waals surface area contributed by atoms with E-state index in [-0.39, 0.29) is 19.3 Å². The van der Waals surface area contributed by atoms with Gasteiger partial charge in [-0.3, -0.25) is 24.0 Å². The van der Waals surface area contributed by atoms with Gasteiger partial charge in [-0.1, -0.05) is 20.3 Å². The van der Waals surface area contributed by atoms with Crippen molar-refractivity contribution < 1.29 is 44.1 Å². The number of primary amides is 1. The zero-order valence-corrected chi connectivity index (χ0v) is 19.4. The van der Waals surface area contributed by atoms with Gasteiger partial charge in [-0.2, -0.15) is 0 Å². The number of aliphatic hydroxyl groups is 1. The van der Waals surface area contributed by atoms with Gasteiger partial charge in [0.05, 0.1) is 6.10 Å². The monoisotopic (exact) mass is 489 g/mol. The Balaban J connectivity index is 5.69. The SMILES string of the molecule is CCC(C)C(NC(=O)C(CCC(=O)O)NC(=O)C(CCC(N)=O)NC(=O)C(N)C(C)O)C(=O)O. The summed E-state index contributed by atoms with van der Waals surface area (Å²) in [6.45, 7) is 4.58. The molecule has 0 aromatic rings. The van der Waals surface area contributed by atoms with Gasteiger partial charge in [0.2, 0.25) is 23.6 Å². The standard InChI is InChI=1S/C20H35N5O9/c1-4-9(2)16(20(33)34)25-18(31)12(6-8-14(28)29)23-17(30)11(5-7-13(21)27)24-19(32)15(22)10(3)26/h9-12,15-16,26H,4-8,22H2,1-3H3,(H2,21,27)(H,23,30)(H,24,32)(H,25,31)(H,28,29)(H,33,34). The lowest BCUT2D eigenvalue weighted by Crippen LogP contribution is -2.58. The van der Waals surface area contributed by atoms with E-state index in [1.165, 1.54) is 6.92 Å². The molecule has 0 bridgehead atoms. The smallest absolute Gasteiger partial charge is 0.326 e. The van der Waals surface area contributed by atoms with E-state index in [1.54, 1.807) is 13.8 Å². The first-order valence-corrected chi connectivity index (χ1v) is 10.8. The molecule has 0 saturated heterocycles. The summed E-state index contributed by atoms with van der Waals surface area (Å²) >= 11 is 0. The molecule has 0 fully saturated rings. The van der Waals surface area contributed by atoms with Crippen molar-refractivity contribution in [3.05, 3.63) is 0 Å². The molecule has 34 heavy (non-hydrogen) atoms. The second-order valence-electron chi connectivity index (χ2n) is 8.04. The number of hydrogen-bond acceptors (Lipinski definition) is 8. The number of nitrogens with two attached hydrogens (primary N) is 2. The topological polar surface area (TPSA) is 251 Å². The van der Waals surface area contributed by atoms with Crippen molar-refractivity contribution in [3.63, 3.8) is 0 Å². The molecule has 14 heteroatoms. The van der Waals surface area contributed by atoms with Crippen LogP contribution in [0.5, 0.6) is 0 Å². The fourth-order valence-corrected chi connectivity index (χ4v) is 2.79. The number of amides is 4. The summed E-state index contributed by atoms with van der Waals surface area (Å²) in [5.41, 5.74) is 10.7. The van der Waals surface area contributed by atoms with Gasteiger partial charge in [-0.25, -0.2) is 4.79 Å². The van der Waals surface area contributed by atoms with Crippen molar-refractivity contribution in [3.8, 4) is 0 Å². The molecule has 4 amide bonds. The molecule has 0 aliphatic heterocycles. The van der Waals surface area contributed by atoms with Gasteiger partial charge in [-0.05, 0) is 25.7 Å². The van der Waals surface area contributed by atoms with E-state index in [4.69, 9.17) is 16.6 Å². The van der Waals surface area contributed by atoms with Crippen molar-refractivity contribution in [2.45, 2.75) is 83.1 Å². The first-order valence-electron chi connectivity index (χ1n) is 10.8. The third kappa shape index (κ3) is 11.0. The Bertz CT molecular complexity index is 759. The lowest BCUT2D eigenvalue weighted by molar-refractivity contribution is -0.144. The van der Waals surface area contributed by atoms with Crippen molar-refractivity contribution in [1.82, 2.24) is 16.0 Å². The minimum atomic E-state index is -1.45. The highest BCUT2D eigenvalue weighted by molar-refractivity contribution is 5.94. The number of hydrogen-bond donors (Lipinski definition) is 8. The van der Waals surface area contributed by atoms with Crippen molar-refractivity contribution in [1.29, 1.82) is 0 Å². The number of carboxylic acid groups (broad SMARTS) is 2. The average molecular weight is 490 g/mol. The molecule has 0 aromatic carbocycles. The van der Waals surface area contributed by atoms with Crippen LogP contribution in [-0.4, -0.2) is 81.2 Å². The highest BCUT2D eigenvalue weighted by Crippen LogP contribution is 2.10. The molecule has 0 aromatic heterocycles. The molecule has 6 unspecified atom stereocenters. The molecule has 0 spiro atoms. The maximum atomic E-state index is 12.8. The number of aliphatic hydroxyl groups excluding tert-OH is 1. The molecule has 0 saturated carbocycles. The Hall–Kier alpha value is -3.26. The highest BCUT2D eigenvalue weighted by atomic mass is 16.4. The van der Waals surface area contributed by atoms with Gasteiger partial charge in [0.15, 0.2) is 0 Å². The van der Waals surface area contributed by atoms with Crippen LogP contribution >= 0.6 is 0 Å². The van der Waals surface area contributed by atoms with E-state index in [9.17, 15) is 39.0 Å². The molecular weight excluding hydrogens is 454 g/mol. The summed E-state index contributed by atoms with van der Waals surface area (Å²) in [6.07, 6.45) is -2.30. The molecule has 194 valence electrons. The Kier molecular flexibility index (Phi) is 13.4. The number of carbonyl (C=O) groups is 6. The van der Waals surface area contributed by atoms with E-state index in [1.807, 2.05) is 0 Å². The van der Waals surface area contributed by atoms with E-state index in [2.05, 4.69) is 16.0 Å². The van der Waals surface area contributed by atoms with Crippen LogP contribution in [0, 0.1) is 5.92 Å². The van der Waals surface area contributed by atoms with Gasteiger partial charge in [0.1, 0.15) is 24.2 Å². The summed E-state index contributed by atoms with van der Waals surface area (Å²) in [4.78, 5) is 71.5. The van der Waals surface area contributed by atoms with Gasteiger partial charge in [0, 0.05) is 12.8 Å². The number of carbonyl (C=O) groups excluding carboxylic acids is 4. The van der Waals surface area contributed by atoms with Crippen molar-refractivity contribution >= 4 is 35.6 Å². The van der Waals surface area contributed by atoms with Gasteiger partial charge in [-0.15, -0.1) is 0 Å². The predicted molar refractivity (Wildman–Crippen MR) is 118 cm³/mol. The minimum absolute atomic E-state index is 0.267. The van der Waals surface area contributed by atoms with Crippen LogP contribution in [0.2, 0.25) is 0 Å². The van der Waals surface area contributed by atoms with Crippen LogP contribution in [0.4, 0.5) is 0 Å². The molecule has 6 atom stereocenters. The second-order valence-corrected chi connectivity index (χ2v) is 8.04. The first kappa shape index (κ1) is 30.7.